The molecular weight excluding hydrogens is 443 g/mol. The molecule has 1 aromatic carbocycles. The molecule has 1 N–H and O–H groups in total. The number of amides is 2. The van der Waals surface area contributed by atoms with Gasteiger partial charge in [-0.25, -0.2) is 9.78 Å². The smallest absolute Gasteiger partial charge is 0.366 e. The molecule has 0 saturated carbocycles. The van der Waals surface area contributed by atoms with E-state index in [1.807, 2.05) is 0 Å². The number of pyridine rings is 2. The number of anilines is 3. The summed E-state index contributed by atoms with van der Waals surface area (Å²) in [4.78, 5) is 25.5. The zero-order chi connectivity index (χ0) is 22.5. The van der Waals surface area contributed by atoms with Crippen molar-refractivity contribution >= 4 is 34.8 Å². The Balaban J connectivity index is 1.54. The van der Waals surface area contributed by atoms with E-state index < -0.39 is 17.8 Å². The molecule has 0 radical (unpaired) electrons. The Bertz CT molecular complexity index is 1200. The molecule has 3 aromatic rings. The topological polar surface area (TPSA) is 61.4 Å². The minimum atomic E-state index is -4.45. The number of carbonyl (C=O) groups is 1. The predicted octanol–water partition coefficient (Wildman–Crippen LogP) is 5.45. The molecule has 5 rings (SSSR count). The molecule has 4 heterocycles. The minimum Gasteiger partial charge on any atom is -0.366 e. The first kappa shape index (κ1) is 20.6. The molecule has 1 fully saturated rings. The minimum absolute atomic E-state index is 0.104. The standard InChI is InChI=1S/C22H17ClF3N5O/c23-16-11-27-8-6-18(16)29-21(32)31-15-7-9-30(12-15)19-5-4-17(28-20(19)31)13-2-1-3-14(10-13)22(24,25)26/h1-6,8,10-11,15H,7,9,12H2,(H,27,29,32)/t15-/m0/s1. The molecule has 2 aromatic heterocycles. The zero-order valence-electron chi connectivity index (χ0n) is 16.6. The Labute approximate surface area is 186 Å². The van der Waals surface area contributed by atoms with Crippen LogP contribution in [0.1, 0.15) is 12.0 Å². The third-order valence-electron chi connectivity index (χ3n) is 5.67. The van der Waals surface area contributed by atoms with Crippen LogP contribution in [0, 0.1) is 0 Å². The monoisotopic (exact) mass is 459 g/mol. The van der Waals surface area contributed by atoms with E-state index in [1.54, 1.807) is 29.2 Å². The lowest BCUT2D eigenvalue weighted by atomic mass is 10.1. The molecule has 6 nitrogen and oxygen atoms in total. The van der Waals surface area contributed by atoms with E-state index in [1.165, 1.54) is 18.5 Å². The van der Waals surface area contributed by atoms with Gasteiger partial charge in [-0.1, -0.05) is 23.7 Å². The van der Waals surface area contributed by atoms with Gasteiger partial charge in [-0.15, -0.1) is 0 Å². The van der Waals surface area contributed by atoms with Crippen molar-refractivity contribution in [1.82, 2.24) is 9.97 Å². The van der Waals surface area contributed by atoms with Crippen molar-refractivity contribution in [2.45, 2.75) is 18.6 Å². The maximum Gasteiger partial charge on any atom is 0.416 e. The van der Waals surface area contributed by atoms with E-state index >= 15 is 0 Å². The number of hydrogen-bond acceptors (Lipinski definition) is 4. The summed E-state index contributed by atoms with van der Waals surface area (Å²) in [6.07, 6.45) is -0.743. The second kappa shape index (κ2) is 7.67. The second-order valence-electron chi connectivity index (χ2n) is 7.66. The number of nitrogens with one attached hydrogen (secondary N) is 1. The second-order valence-corrected chi connectivity index (χ2v) is 8.07. The molecule has 0 unspecified atom stereocenters. The van der Waals surface area contributed by atoms with Crippen LogP contribution in [-0.4, -0.2) is 35.1 Å². The van der Waals surface area contributed by atoms with Crippen LogP contribution < -0.4 is 15.1 Å². The zero-order valence-corrected chi connectivity index (χ0v) is 17.4. The highest BCUT2D eigenvalue weighted by molar-refractivity contribution is 6.33. The SMILES string of the molecule is O=C(Nc1ccncc1Cl)N1c2nc(-c3cccc(C(F)(F)F)c3)ccc2N2CC[C@H]1C2. The van der Waals surface area contributed by atoms with E-state index in [4.69, 9.17) is 11.6 Å². The Kier molecular flexibility index (Phi) is 4.93. The highest BCUT2D eigenvalue weighted by Crippen LogP contribution is 2.41. The van der Waals surface area contributed by atoms with Crippen LogP contribution in [0.2, 0.25) is 5.02 Å². The van der Waals surface area contributed by atoms with Crippen LogP contribution in [0.4, 0.5) is 35.2 Å². The first-order valence-corrected chi connectivity index (χ1v) is 10.3. The van der Waals surface area contributed by atoms with Crippen molar-refractivity contribution in [2.24, 2.45) is 0 Å². The molecule has 164 valence electrons. The van der Waals surface area contributed by atoms with Gasteiger partial charge < -0.3 is 10.2 Å². The molecule has 2 bridgehead atoms. The Morgan fingerprint density at radius 1 is 1.19 bits per heavy atom. The van der Waals surface area contributed by atoms with Crippen molar-refractivity contribution in [2.75, 3.05) is 28.2 Å². The molecular formula is C22H17ClF3N5O. The van der Waals surface area contributed by atoms with E-state index in [9.17, 15) is 18.0 Å². The van der Waals surface area contributed by atoms with Gasteiger partial charge in [0.2, 0.25) is 0 Å². The van der Waals surface area contributed by atoms with Crippen LogP contribution in [0.3, 0.4) is 0 Å². The third-order valence-corrected chi connectivity index (χ3v) is 5.97. The Morgan fingerprint density at radius 3 is 2.81 bits per heavy atom. The third kappa shape index (κ3) is 3.62. The van der Waals surface area contributed by atoms with Crippen molar-refractivity contribution in [3.8, 4) is 11.3 Å². The van der Waals surface area contributed by atoms with Crippen molar-refractivity contribution < 1.29 is 18.0 Å². The number of alkyl halides is 3. The summed E-state index contributed by atoms with van der Waals surface area (Å²) in [7, 11) is 0. The number of aromatic nitrogens is 2. The van der Waals surface area contributed by atoms with Gasteiger partial charge in [0.25, 0.3) is 0 Å². The maximum atomic E-state index is 13.2. The number of rotatable bonds is 2. The fraction of sp³-hybridized carbons (Fsp3) is 0.227. The number of carbonyl (C=O) groups excluding carboxylic acids is 1. The number of hydrogen-bond donors (Lipinski definition) is 1. The molecule has 1 saturated heterocycles. The van der Waals surface area contributed by atoms with E-state index in [0.717, 1.165) is 30.8 Å². The maximum absolute atomic E-state index is 13.2. The van der Waals surface area contributed by atoms with Crippen LogP contribution >= 0.6 is 11.6 Å². The van der Waals surface area contributed by atoms with Gasteiger partial charge in [0.05, 0.1) is 33.7 Å². The van der Waals surface area contributed by atoms with Gasteiger partial charge in [0, 0.05) is 31.0 Å². The first-order valence-electron chi connectivity index (χ1n) is 9.94. The molecule has 0 spiro atoms. The highest BCUT2D eigenvalue weighted by atomic mass is 35.5. The van der Waals surface area contributed by atoms with Crippen molar-refractivity contribution in [3.63, 3.8) is 0 Å². The molecule has 1 atom stereocenters. The van der Waals surface area contributed by atoms with Gasteiger partial charge >= 0.3 is 12.2 Å². The normalized spacial score (nSPS) is 17.3. The average molecular weight is 460 g/mol. The van der Waals surface area contributed by atoms with E-state index in [-0.39, 0.29) is 6.04 Å². The largest absolute Gasteiger partial charge is 0.416 e. The van der Waals surface area contributed by atoms with Gasteiger partial charge in [-0.05, 0) is 36.8 Å². The quantitative estimate of drug-likeness (QED) is 0.554. The fourth-order valence-corrected chi connectivity index (χ4v) is 4.31. The summed E-state index contributed by atoms with van der Waals surface area (Å²) < 4.78 is 39.5. The van der Waals surface area contributed by atoms with Crippen molar-refractivity contribution in [3.05, 3.63) is 65.4 Å². The molecule has 2 aliphatic heterocycles. The van der Waals surface area contributed by atoms with Crippen LogP contribution in [0.5, 0.6) is 0 Å². The number of halogens is 4. The average Bonchev–Trinajstić information content (AvgIpc) is 3.19. The first-order chi connectivity index (χ1) is 15.3. The summed E-state index contributed by atoms with van der Waals surface area (Å²) in [5.41, 5.74) is 1.12. The molecule has 32 heavy (non-hydrogen) atoms. The number of urea groups is 1. The summed E-state index contributed by atoms with van der Waals surface area (Å²) in [5.74, 6) is 0.413. The van der Waals surface area contributed by atoms with E-state index in [0.29, 0.717) is 34.3 Å². The number of nitrogens with zero attached hydrogens (tertiary/aromatic N) is 4. The van der Waals surface area contributed by atoms with Gasteiger partial charge in [0.1, 0.15) is 0 Å². The molecule has 0 aliphatic carbocycles. The summed E-state index contributed by atoms with van der Waals surface area (Å²) in [6.45, 7) is 1.43. The fourth-order valence-electron chi connectivity index (χ4n) is 4.14. The van der Waals surface area contributed by atoms with Gasteiger partial charge in [-0.2, -0.15) is 13.2 Å². The van der Waals surface area contributed by atoms with E-state index in [2.05, 4.69) is 20.2 Å². The summed E-state index contributed by atoms with van der Waals surface area (Å²) in [5, 5.41) is 3.10. The molecule has 2 aliphatic rings. The lowest BCUT2D eigenvalue weighted by Gasteiger charge is -2.36. The predicted molar refractivity (Wildman–Crippen MR) is 116 cm³/mol. The molecule has 2 amide bonds. The summed E-state index contributed by atoms with van der Waals surface area (Å²) >= 11 is 6.13. The Hall–Kier alpha value is -3.33. The van der Waals surface area contributed by atoms with Gasteiger partial charge in [0.15, 0.2) is 5.82 Å². The van der Waals surface area contributed by atoms with Crippen molar-refractivity contribution in [1.29, 1.82) is 0 Å². The lowest BCUT2D eigenvalue weighted by molar-refractivity contribution is -0.137. The van der Waals surface area contributed by atoms with Crippen LogP contribution in [0.25, 0.3) is 11.3 Å². The van der Waals surface area contributed by atoms with Crippen LogP contribution in [0.15, 0.2) is 54.9 Å². The number of benzene rings is 1. The number of fused-ring (bicyclic) bond motifs is 4. The summed E-state index contributed by atoms with van der Waals surface area (Å²) in [6, 6.07) is 9.58. The lowest BCUT2D eigenvalue weighted by Crippen LogP contribution is -2.48. The highest BCUT2D eigenvalue weighted by Gasteiger charge is 2.40. The molecule has 10 heteroatoms. The Morgan fingerprint density at radius 2 is 2.03 bits per heavy atom. The van der Waals surface area contributed by atoms with Gasteiger partial charge in [-0.3, -0.25) is 9.88 Å². The van der Waals surface area contributed by atoms with Crippen LogP contribution in [-0.2, 0) is 6.18 Å².